The number of ether oxygens (including phenoxy) is 1. The van der Waals surface area contributed by atoms with Crippen LogP contribution < -0.4 is 10.1 Å². The van der Waals surface area contributed by atoms with Crippen LogP contribution in [0.15, 0.2) is 42.5 Å². The molecule has 7 heteroatoms. The zero-order chi connectivity index (χ0) is 23.4. The molecule has 0 unspecified atom stereocenters. The molecule has 2 atom stereocenters. The number of carbonyl (C=O) groups is 1. The fourth-order valence-corrected chi connectivity index (χ4v) is 4.92. The van der Waals surface area contributed by atoms with Gasteiger partial charge in [0, 0.05) is 36.8 Å². The normalized spacial score (nSPS) is 20.5. The van der Waals surface area contributed by atoms with Gasteiger partial charge in [-0.1, -0.05) is 18.2 Å². The second kappa shape index (κ2) is 10.5. The van der Waals surface area contributed by atoms with Crippen molar-refractivity contribution in [3.05, 3.63) is 65.2 Å². The Balaban J connectivity index is 1.45. The van der Waals surface area contributed by atoms with Crippen LogP contribution in [-0.2, 0) is 13.1 Å². The number of piperidine rings is 1. The Morgan fingerprint density at radius 3 is 2.67 bits per heavy atom. The summed E-state index contributed by atoms with van der Waals surface area (Å²) in [7, 11) is 0. The van der Waals surface area contributed by atoms with Crippen molar-refractivity contribution in [2.45, 2.75) is 70.8 Å². The second-order valence-corrected chi connectivity index (χ2v) is 9.34. The van der Waals surface area contributed by atoms with Crippen LogP contribution in [0.25, 0.3) is 0 Å². The number of halogens is 2. The standard InChI is InChI=1S/C26H33F2N3O2/c1-18(2)33-24-9-5-19(6-10-24)16-29-26(32)31(17-20-7-8-21(27)14-25(20)28)23-11-13-30-12-3-4-22(30)15-23/h5-10,14,18,22-23H,3-4,11-13,15-17H2,1-2H3,(H,29,32)/t22-,23+/m0/s1. The Morgan fingerprint density at radius 1 is 1.15 bits per heavy atom. The van der Waals surface area contributed by atoms with Crippen molar-refractivity contribution in [1.82, 2.24) is 15.1 Å². The van der Waals surface area contributed by atoms with Gasteiger partial charge in [0.15, 0.2) is 0 Å². The first-order valence-corrected chi connectivity index (χ1v) is 11.9. The molecule has 33 heavy (non-hydrogen) atoms. The van der Waals surface area contributed by atoms with Gasteiger partial charge in [-0.05, 0) is 69.8 Å². The van der Waals surface area contributed by atoms with Gasteiger partial charge in [0.1, 0.15) is 17.4 Å². The van der Waals surface area contributed by atoms with E-state index in [-0.39, 0.29) is 24.7 Å². The Labute approximate surface area is 194 Å². The van der Waals surface area contributed by atoms with Crippen molar-refractivity contribution >= 4 is 6.03 Å². The number of hydrogen-bond acceptors (Lipinski definition) is 3. The predicted molar refractivity (Wildman–Crippen MR) is 124 cm³/mol. The number of nitrogens with one attached hydrogen (secondary N) is 1. The molecule has 2 aromatic carbocycles. The third kappa shape index (κ3) is 6.02. The van der Waals surface area contributed by atoms with Crippen LogP contribution in [-0.4, -0.2) is 47.1 Å². The summed E-state index contributed by atoms with van der Waals surface area (Å²) >= 11 is 0. The van der Waals surface area contributed by atoms with E-state index in [0.29, 0.717) is 18.2 Å². The molecule has 2 saturated heterocycles. The highest BCUT2D eigenvalue weighted by Crippen LogP contribution is 2.30. The maximum absolute atomic E-state index is 14.4. The number of fused-ring (bicyclic) bond motifs is 1. The second-order valence-electron chi connectivity index (χ2n) is 9.34. The number of amides is 2. The third-order valence-corrected chi connectivity index (χ3v) is 6.59. The lowest BCUT2D eigenvalue weighted by Gasteiger charge is -2.40. The van der Waals surface area contributed by atoms with Crippen molar-refractivity contribution < 1.29 is 18.3 Å². The highest BCUT2D eigenvalue weighted by Gasteiger charge is 2.36. The van der Waals surface area contributed by atoms with E-state index >= 15 is 0 Å². The highest BCUT2D eigenvalue weighted by molar-refractivity contribution is 5.74. The fraction of sp³-hybridized carbons (Fsp3) is 0.500. The summed E-state index contributed by atoms with van der Waals surface area (Å²) in [5.74, 6) is -0.444. The molecule has 0 aromatic heterocycles. The molecule has 2 amide bonds. The van der Waals surface area contributed by atoms with Crippen molar-refractivity contribution in [3.8, 4) is 5.75 Å². The molecule has 2 fully saturated rings. The van der Waals surface area contributed by atoms with Gasteiger partial charge < -0.3 is 19.9 Å². The molecule has 2 aliphatic heterocycles. The smallest absolute Gasteiger partial charge is 0.318 e. The number of benzene rings is 2. The number of rotatable bonds is 7. The van der Waals surface area contributed by atoms with Gasteiger partial charge in [0.2, 0.25) is 0 Å². The largest absolute Gasteiger partial charge is 0.491 e. The van der Waals surface area contributed by atoms with Gasteiger partial charge >= 0.3 is 6.03 Å². The first-order chi connectivity index (χ1) is 15.9. The quantitative estimate of drug-likeness (QED) is 0.630. The van der Waals surface area contributed by atoms with Gasteiger partial charge in [0.25, 0.3) is 0 Å². The van der Waals surface area contributed by atoms with E-state index in [1.807, 2.05) is 38.1 Å². The average Bonchev–Trinajstić information content (AvgIpc) is 3.25. The number of nitrogens with zero attached hydrogens (tertiary/aromatic N) is 2. The number of carbonyl (C=O) groups excluding carboxylic acids is 1. The fourth-order valence-electron chi connectivity index (χ4n) is 4.92. The molecule has 0 bridgehead atoms. The zero-order valence-electron chi connectivity index (χ0n) is 19.4. The van der Waals surface area contributed by atoms with E-state index in [1.54, 1.807) is 4.90 Å². The highest BCUT2D eigenvalue weighted by atomic mass is 19.1. The summed E-state index contributed by atoms with van der Waals surface area (Å²) < 4.78 is 33.5. The summed E-state index contributed by atoms with van der Waals surface area (Å²) in [5, 5.41) is 3.00. The van der Waals surface area contributed by atoms with Crippen LogP contribution in [0, 0.1) is 11.6 Å². The molecular weight excluding hydrogens is 424 g/mol. The summed E-state index contributed by atoms with van der Waals surface area (Å²) in [6.07, 6.45) is 4.17. The van der Waals surface area contributed by atoms with Crippen molar-refractivity contribution in [3.63, 3.8) is 0 Å². The van der Waals surface area contributed by atoms with E-state index in [0.717, 1.165) is 49.7 Å². The molecule has 2 aromatic rings. The molecule has 0 aliphatic carbocycles. The van der Waals surface area contributed by atoms with E-state index in [4.69, 9.17) is 4.74 Å². The number of hydrogen-bond donors (Lipinski definition) is 1. The summed E-state index contributed by atoms with van der Waals surface area (Å²) in [4.78, 5) is 17.5. The Morgan fingerprint density at radius 2 is 1.94 bits per heavy atom. The molecule has 0 saturated carbocycles. The Bertz CT molecular complexity index is 951. The maximum atomic E-state index is 14.4. The minimum atomic E-state index is -0.619. The monoisotopic (exact) mass is 457 g/mol. The number of urea groups is 1. The van der Waals surface area contributed by atoms with Crippen LogP contribution in [0.5, 0.6) is 5.75 Å². The molecule has 2 aliphatic rings. The summed E-state index contributed by atoms with van der Waals surface area (Å²) in [6, 6.07) is 11.5. The SMILES string of the molecule is CC(C)Oc1ccc(CNC(=O)N(Cc2ccc(F)cc2F)[C@@H]2CCN3CCC[C@H]3C2)cc1. The zero-order valence-corrected chi connectivity index (χ0v) is 19.4. The van der Waals surface area contributed by atoms with Gasteiger partial charge in [-0.25, -0.2) is 13.6 Å². The van der Waals surface area contributed by atoms with E-state index in [9.17, 15) is 13.6 Å². The lowest BCUT2D eigenvalue weighted by atomic mass is 9.96. The topological polar surface area (TPSA) is 44.8 Å². The lowest BCUT2D eigenvalue weighted by molar-refractivity contribution is 0.0973. The molecule has 0 radical (unpaired) electrons. The first-order valence-electron chi connectivity index (χ1n) is 11.9. The van der Waals surface area contributed by atoms with Crippen LogP contribution in [0.3, 0.4) is 0 Å². The minimum Gasteiger partial charge on any atom is -0.491 e. The van der Waals surface area contributed by atoms with E-state index in [1.165, 1.54) is 18.6 Å². The minimum absolute atomic E-state index is 0.0237. The molecule has 2 heterocycles. The van der Waals surface area contributed by atoms with Crippen molar-refractivity contribution in [2.75, 3.05) is 13.1 Å². The van der Waals surface area contributed by atoms with Gasteiger partial charge in [-0.3, -0.25) is 0 Å². The van der Waals surface area contributed by atoms with Crippen LogP contribution in [0.1, 0.15) is 50.7 Å². The van der Waals surface area contributed by atoms with Crippen LogP contribution in [0.4, 0.5) is 13.6 Å². The first kappa shape index (κ1) is 23.5. The van der Waals surface area contributed by atoms with Gasteiger partial charge in [-0.2, -0.15) is 0 Å². The molecule has 1 N–H and O–H groups in total. The Hall–Kier alpha value is -2.67. The Kier molecular flexibility index (Phi) is 7.48. The van der Waals surface area contributed by atoms with Gasteiger partial charge in [0.05, 0.1) is 12.6 Å². The average molecular weight is 458 g/mol. The third-order valence-electron chi connectivity index (χ3n) is 6.59. The van der Waals surface area contributed by atoms with Crippen LogP contribution >= 0.6 is 0 Å². The summed E-state index contributed by atoms with van der Waals surface area (Å²) in [6.45, 7) is 6.50. The lowest BCUT2D eigenvalue weighted by Crippen LogP contribution is -2.52. The van der Waals surface area contributed by atoms with E-state index in [2.05, 4.69) is 10.2 Å². The van der Waals surface area contributed by atoms with Crippen molar-refractivity contribution in [2.24, 2.45) is 0 Å². The molecule has 5 nitrogen and oxygen atoms in total. The van der Waals surface area contributed by atoms with Crippen LogP contribution in [0.2, 0.25) is 0 Å². The van der Waals surface area contributed by atoms with E-state index < -0.39 is 11.6 Å². The summed E-state index contributed by atoms with van der Waals surface area (Å²) in [5.41, 5.74) is 1.29. The maximum Gasteiger partial charge on any atom is 0.318 e. The molecule has 178 valence electrons. The molecule has 4 rings (SSSR count). The molecule has 0 spiro atoms. The van der Waals surface area contributed by atoms with Crippen molar-refractivity contribution in [1.29, 1.82) is 0 Å². The van der Waals surface area contributed by atoms with Gasteiger partial charge in [-0.15, -0.1) is 0 Å². The molecular formula is C26H33F2N3O2. The predicted octanol–water partition coefficient (Wildman–Crippen LogP) is 5.09.